The van der Waals surface area contributed by atoms with Crippen LogP contribution in [0.15, 0.2) is 0 Å². The average Bonchev–Trinajstić information content (AvgIpc) is 1.68. The van der Waals surface area contributed by atoms with Crippen LogP contribution in [-0.2, 0) is 13.6 Å². The van der Waals surface area contributed by atoms with Gasteiger partial charge in [-0.3, -0.25) is 0 Å². The van der Waals surface area contributed by atoms with E-state index in [4.69, 9.17) is 0 Å². The summed E-state index contributed by atoms with van der Waals surface area (Å²) in [7, 11) is -1.83. The average molecular weight is 161 g/mol. The molecule has 0 fully saturated rings. The summed E-state index contributed by atoms with van der Waals surface area (Å²) < 4.78 is 19.5. The lowest BCUT2D eigenvalue weighted by Crippen LogP contribution is -1.81. The van der Waals surface area contributed by atoms with E-state index in [-0.39, 0.29) is 23.1 Å². The fourth-order valence-electron chi connectivity index (χ4n) is 0.248. The predicted octanol–water partition coefficient (Wildman–Crippen LogP) is 1.34. The van der Waals surface area contributed by atoms with Gasteiger partial charge >= 0.3 is 8.25 Å². The maximum absolute atomic E-state index is 10.3. The van der Waals surface area contributed by atoms with E-state index in [9.17, 15) is 4.57 Å². The molecule has 0 aliphatic rings. The number of hydrogen-bond acceptors (Lipinski definition) is 3. The van der Waals surface area contributed by atoms with E-state index in [2.05, 4.69) is 9.05 Å². The van der Waals surface area contributed by atoms with Crippen molar-refractivity contribution >= 4 is 31.3 Å². The molecule has 0 saturated heterocycles. The summed E-state index contributed by atoms with van der Waals surface area (Å²) >= 11 is 0. The molecular formula is C4H10MgO3P+. The Morgan fingerprint density at radius 3 is 1.78 bits per heavy atom. The maximum Gasteiger partial charge on any atom is 0.697 e. The van der Waals surface area contributed by atoms with Crippen molar-refractivity contribution in [2.75, 3.05) is 13.2 Å². The molecule has 0 heterocycles. The van der Waals surface area contributed by atoms with Gasteiger partial charge in [0.25, 0.3) is 0 Å². The minimum atomic E-state index is -1.83. The molecule has 0 aromatic rings. The fraction of sp³-hybridized carbons (Fsp3) is 1.00. The highest BCUT2D eigenvalue weighted by Gasteiger charge is 2.15. The molecule has 0 unspecified atom stereocenters. The number of rotatable bonds is 4. The molecule has 0 aromatic carbocycles. The van der Waals surface area contributed by atoms with Crippen molar-refractivity contribution in [3.05, 3.63) is 0 Å². The minimum absolute atomic E-state index is 0. The molecule has 0 atom stereocenters. The van der Waals surface area contributed by atoms with Crippen molar-refractivity contribution in [3.8, 4) is 0 Å². The van der Waals surface area contributed by atoms with E-state index in [1.807, 2.05) is 0 Å². The van der Waals surface area contributed by atoms with E-state index in [0.29, 0.717) is 13.2 Å². The first-order valence-electron chi connectivity index (χ1n) is 2.54. The fourth-order valence-corrected chi connectivity index (χ4v) is 0.744. The van der Waals surface area contributed by atoms with Crippen LogP contribution in [-0.4, -0.2) is 36.3 Å². The van der Waals surface area contributed by atoms with Gasteiger partial charge < -0.3 is 0 Å². The third kappa shape index (κ3) is 8.79. The largest absolute Gasteiger partial charge is 0.697 e. The van der Waals surface area contributed by atoms with Crippen LogP contribution in [0.4, 0.5) is 0 Å². The molecule has 0 aliphatic carbocycles. The highest BCUT2D eigenvalue weighted by atomic mass is 31.1. The summed E-state index contributed by atoms with van der Waals surface area (Å²) in [6, 6.07) is 0. The van der Waals surface area contributed by atoms with Gasteiger partial charge in [-0.15, -0.1) is 9.05 Å². The summed E-state index contributed by atoms with van der Waals surface area (Å²) in [6.45, 7) is 4.42. The van der Waals surface area contributed by atoms with Gasteiger partial charge in [0, 0.05) is 27.6 Å². The lowest BCUT2D eigenvalue weighted by molar-refractivity contribution is 0.243. The minimum Gasteiger partial charge on any atom is -0.119 e. The van der Waals surface area contributed by atoms with E-state index in [1.165, 1.54) is 0 Å². The molecular weight excluding hydrogens is 151 g/mol. The topological polar surface area (TPSA) is 35.5 Å². The molecule has 5 heteroatoms. The monoisotopic (exact) mass is 161 g/mol. The summed E-state index contributed by atoms with van der Waals surface area (Å²) in [6.07, 6.45) is 0. The smallest absolute Gasteiger partial charge is 0.119 e. The Kier molecular flexibility index (Phi) is 12.2. The Balaban J connectivity index is 0. The van der Waals surface area contributed by atoms with Gasteiger partial charge in [-0.25, -0.2) is 0 Å². The SMILES string of the molecule is CCO[P+](=O)OCC.[Mg]. The van der Waals surface area contributed by atoms with Gasteiger partial charge in [0.15, 0.2) is 0 Å². The van der Waals surface area contributed by atoms with Crippen molar-refractivity contribution in [2.45, 2.75) is 13.8 Å². The van der Waals surface area contributed by atoms with Crippen LogP contribution in [0.2, 0.25) is 0 Å². The van der Waals surface area contributed by atoms with Gasteiger partial charge in [-0.1, -0.05) is 0 Å². The lowest BCUT2D eigenvalue weighted by atomic mass is 10.9. The van der Waals surface area contributed by atoms with Crippen LogP contribution in [0.25, 0.3) is 0 Å². The number of hydrogen-bond donors (Lipinski definition) is 0. The quantitative estimate of drug-likeness (QED) is 0.461. The van der Waals surface area contributed by atoms with Crippen LogP contribution in [0.5, 0.6) is 0 Å². The van der Waals surface area contributed by atoms with Gasteiger partial charge in [-0.2, -0.15) is 0 Å². The molecule has 50 valence electrons. The second-order valence-electron chi connectivity index (χ2n) is 1.06. The van der Waals surface area contributed by atoms with E-state index < -0.39 is 8.25 Å². The summed E-state index contributed by atoms with van der Waals surface area (Å²) in [4.78, 5) is 0. The highest BCUT2D eigenvalue weighted by molar-refractivity contribution is 7.33. The normalized spacial score (nSPS) is 8.22. The predicted molar refractivity (Wildman–Crippen MR) is 36.6 cm³/mol. The molecule has 0 spiro atoms. The van der Waals surface area contributed by atoms with Crippen molar-refractivity contribution in [3.63, 3.8) is 0 Å². The molecule has 2 radical (unpaired) electrons. The molecule has 0 aromatic heterocycles. The van der Waals surface area contributed by atoms with Crippen LogP contribution in [0, 0.1) is 0 Å². The molecule has 0 saturated carbocycles. The van der Waals surface area contributed by atoms with Crippen molar-refractivity contribution < 1.29 is 13.6 Å². The van der Waals surface area contributed by atoms with Gasteiger partial charge in [0.05, 0.1) is 0 Å². The Morgan fingerprint density at radius 1 is 1.22 bits per heavy atom. The second kappa shape index (κ2) is 8.79. The van der Waals surface area contributed by atoms with E-state index in [1.54, 1.807) is 13.8 Å². The van der Waals surface area contributed by atoms with Gasteiger partial charge in [0.2, 0.25) is 0 Å². The molecule has 0 rings (SSSR count). The molecule has 0 amide bonds. The third-order valence-electron chi connectivity index (χ3n) is 0.469. The first-order valence-corrected chi connectivity index (χ1v) is 3.63. The highest BCUT2D eigenvalue weighted by Crippen LogP contribution is 2.21. The molecule has 0 bridgehead atoms. The Bertz CT molecular complexity index is 70.2. The zero-order valence-electron chi connectivity index (χ0n) is 5.79. The van der Waals surface area contributed by atoms with E-state index in [0.717, 1.165) is 0 Å². The third-order valence-corrected chi connectivity index (χ3v) is 1.41. The van der Waals surface area contributed by atoms with Crippen molar-refractivity contribution in [2.24, 2.45) is 0 Å². The van der Waals surface area contributed by atoms with Crippen molar-refractivity contribution in [1.82, 2.24) is 0 Å². The zero-order valence-corrected chi connectivity index (χ0v) is 8.10. The van der Waals surface area contributed by atoms with E-state index >= 15 is 0 Å². The first kappa shape index (κ1) is 12.5. The lowest BCUT2D eigenvalue weighted by Gasteiger charge is -1.78. The van der Waals surface area contributed by atoms with Crippen LogP contribution in [0.1, 0.15) is 13.8 Å². The van der Waals surface area contributed by atoms with Crippen molar-refractivity contribution in [1.29, 1.82) is 0 Å². The van der Waals surface area contributed by atoms with Gasteiger partial charge in [0.1, 0.15) is 13.2 Å². The summed E-state index contributed by atoms with van der Waals surface area (Å²) in [5, 5.41) is 0. The van der Waals surface area contributed by atoms with Crippen LogP contribution < -0.4 is 0 Å². The maximum atomic E-state index is 10.3. The second-order valence-corrected chi connectivity index (χ2v) is 2.02. The Hall–Kier alpha value is 0.786. The summed E-state index contributed by atoms with van der Waals surface area (Å²) in [5.74, 6) is 0. The first-order chi connectivity index (χ1) is 3.81. The summed E-state index contributed by atoms with van der Waals surface area (Å²) in [5.41, 5.74) is 0. The van der Waals surface area contributed by atoms with Crippen LogP contribution in [0.3, 0.4) is 0 Å². The standard InChI is InChI=1S/C4H10O3P.Mg/c1-3-6-8(5)7-4-2;/h3-4H2,1-2H3;/q+1;. The molecule has 0 N–H and O–H groups in total. The Labute approximate surface area is 72.2 Å². The Morgan fingerprint density at radius 2 is 1.56 bits per heavy atom. The molecule has 0 aliphatic heterocycles. The molecule has 3 nitrogen and oxygen atoms in total. The van der Waals surface area contributed by atoms with Crippen LogP contribution >= 0.6 is 8.25 Å². The molecule has 9 heavy (non-hydrogen) atoms. The zero-order chi connectivity index (χ0) is 6.41. The van der Waals surface area contributed by atoms with Gasteiger partial charge in [-0.05, 0) is 13.8 Å².